The molecule has 0 aromatic carbocycles. The fraction of sp³-hybridized carbons (Fsp3) is 0.158. The molecule has 0 unspecified atom stereocenters. The first-order valence-corrected chi connectivity index (χ1v) is 10.5. The molecule has 0 aliphatic heterocycles. The minimum atomic E-state index is -0.353. The molecule has 0 fully saturated rings. The van der Waals surface area contributed by atoms with Gasteiger partial charge in [-0.15, -0.1) is 22.7 Å². The molecule has 148 valence electrons. The number of hydrogen-bond donors (Lipinski definition) is 2. The smallest absolute Gasteiger partial charge is 0.287 e. The Hall–Kier alpha value is -3.24. The maximum absolute atomic E-state index is 12.9. The summed E-state index contributed by atoms with van der Waals surface area (Å²) < 4.78 is 6.28. The second-order valence-corrected chi connectivity index (χ2v) is 7.87. The van der Waals surface area contributed by atoms with Crippen LogP contribution >= 0.6 is 22.7 Å². The summed E-state index contributed by atoms with van der Waals surface area (Å²) in [6, 6.07) is 7.05. The molecule has 2 N–H and O–H groups in total. The van der Waals surface area contributed by atoms with Crippen molar-refractivity contribution in [3.63, 3.8) is 0 Å². The molecular formula is C19H16N4O4S2. The Kier molecular flexibility index (Phi) is 5.54. The molecule has 0 radical (unpaired) electrons. The molecule has 4 rings (SSSR count). The molecule has 2 amide bonds. The van der Waals surface area contributed by atoms with Gasteiger partial charge in [0.2, 0.25) is 5.91 Å². The van der Waals surface area contributed by atoms with Crippen LogP contribution in [0.3, 0.4) is 0 Å². The number of nitrogens with one attached hydrogen (secondary N) is 2. The zero-order chi connectivity index (χ0) is 20.2. The van der Waals surface area contributed by atoms with Gasteiger partial charge in [0.05, 0.1) is 18.0 Å². The summed E-state index contributed by atoms with van der Waals surface area (Å²) in [6.45, 7) is 0.326. The fourth-order valence-electron chi connectivity index (χ4n) is 2.78. The van der Waals surface area contributed by atoms with E-state index in [0.29, 0.717) is 10.2 Å². The SMILES string of the molecule is O=C(Cn1cnc2scc(-c3cccs3)c2c1=O)NCCNC(=O)c1ccco1. The van der Waals surface area contributed by atoms with Crippen LogP contribution in [0.2, 0.25) is 0 Å². The Balaban J connectivity index is 1.38. The van der Waals surface area contributed by atoms with Crippen LogP contribution in [-0.4, -0.2) is 34.5 Å². The summed E-state index contributed by atoms with van der Waals surface area (Å²) in [5, 5.41) is 9.70. The lowest BCUT2D eigenvalue weighted by Gasteiger charge is -2.08. The predicted molar refractivity (Wildman–Crippen MR) is 111 cm³/mol. The van der Waals surface area contributed by atoms with E-state index in [1.165, 1.54) is 28.5 Å². The molecule has 4 heterocycles. The number of thiophene rings is 2. The van der Waals surface area contributed by atoms with Gasteiger partial charge in [0, 0.05) is 28.9 Å². The number of furan rings is 1. The Bertz CT molecular complexity index is 1190. The summed E-state index contributed by atoms with van der Waals surface area (Å²) in [5.74, 6) is -0.485. The molecule has 0 aliphatic rings. The van der Waals surface area contributed by atoms with Gasteiger partial charge in [-0.1, -0.05) is 6.07 Å². The standard InChI is InChI=1S/C19H16N4O4S2/c24-15(20-5-6-21-17(25)13-3-1-7-27-13)9-23-11-22-18-16(19(23)26)12(10-29-18)14-4-2-8-28-14/h1-4,7-8,10-11H,5-6,9H2,(H,20,24)(H,21,25). The van der Waals surface area contributed by atoms with Crippen molar-refractivity contribution in [3.8, 4) is 10.4 Å². The van der Waals surface area contributed by atoms with Crippen molar-refractivity contribution in [2.75, 3.05) is 13.1 Å². The van der Waals surface area contributed by atoms with Gasteiger partial charge in [0.25, 0.3) is 11.5 Å². The molecule has 29 heavy (non-hydrogen) atoms. The fourth-order valence-corrected chi connectivity index (χ4v) is 4.50. The number of amides is 2. The largest absolute Gasteiger partial charge is 0.459 e. The first-order chi connectivity index (χ1) is 14.1. The average molecular weight is 428 g/mol. The lowest BCUT2D eigenvalue weighted by atomic mass is 10.2. The van der Waals surface area contributed by atoms with Gasteiger partial charge >= 0.3 is 0 Å². The molecular weight excluding hydrogens is 412 g/mol. The highest BCUT2D eigenvalue weighted by Crippen LogP contribution is 2.33. The topological polar surface area (TPSA) is 106 Å². The van der Waals surface area contributed by atoms with Crippen molar-refractivity contribution in [3.05, 3.63) is 63.7 Å². The monoisotopic (exact) mass is 428 g/mol. The van der Waals surface area contributed by atoms with Crippen LogP contribution in [0.15, 0.2) is 56.8 Å². The molecule has 4 aromatic heterocycles. The number of hydrogen-bond acceptors (Lipinski definition) is 7. The normalized spacial score (nSPS) is 10.9. The Morgan fingerprint density at radius 1 is 1.14 bits per heavy atom. The number of rotatable bonds is 7. The zero-order valence-electron chi connectivity index (χ0n) is 15.1. The highest BCUT2D eigenvalue weighted by Gasteiger charge is 2.15. The molecule has 10 heteroatoms. The summed E-state index contributed by atoms with van der Waals surface area (Å²) in [6.07, 6.45) is 2.80. The van der Waals surface area contributed by atoms with E-state index >= 15 is 0 Å². The second-order valence-electron chi connectivity index (χ2n) is 6.07. The molecule has 0 saturated heterocycles. The molecule has 8 nitrogen and oxygen atoms in total. The maximum Gasteiger partial charge on any atom is 0.287 e. The number of carbonyl (C=O) groups excluding carboxylic acids is 2. The Labute approximate surface area is 172 Å². The van der Waals surface area contributed by atoms with Crippen LogP contribution < -0.4 is 16.2 Å². The van der Waals surface area contributed by atoms with E-state index in [4.69, 9.17) is 4.42 Å². The highest BCUT2D eigenvalue weighted by molar-refractivity contribution is 7.18. The zero-order valence-corrected chi connectivity index (χ0v) is 16.7. The molecule has 0 atom stereocenters. The molecule has 0 saturated carbocycles. The van der Waals surface area contributed by atoms with Crippen molar-refractivity contribution in [2.45, 2.75) is 6.54 Å². The third-order valence-electron chi connectivity index (χ3n) is 4.14. The second kappa shape index (κ2) is 8.41. The van der Waals surface area contributed by atoms with Crippen LogP contribution in [-0.2, 0) is 11.3 Å². The third kappa shape index (κ3) is 4.13. The summed E-state index contributed by atoms with van der Waals surface area (Å²) in [5.41, 5.74) is 0.591. The van der Waals surface area contributed by atoms with Crippen molar-refractivity contribution < 1.29 is 14.0 Å². The first kappa shape index (κ1) is 19.1. The number of carbonyl (C=O) groups is 2. The molecule has 0 aliphatic carbocycles. The predicted octanol–water partition coefficient (Wildman–Crippen LogP) is 2.33. The molecule has 0 spiro atoms. The lowest BCUT2D eigenvalue weighted by molar-refractivity contribution is -0.121. The maximum atomic E-state index is 12.9. The van der Waals surface area contributed by atoms with Crippen molar-refractivity contribution >= 4 is 44.7 Å². The van der Waals surface area contributed by atoms with Crippen LogP contribution in [0.5, 0.6) is 0 Å². The van der Waals surface area contributed by atoms with Crippen LogP contribution in [0.1, 0.15) is 10.6 Å². The van der Waals surface area contributed by atoms with E-state index in [1.807, 2.05) is 22.9 Å². The van der Waals surface area contributed by atoms with Gasteiger partial charge in [-0.05, 0) is 23.6 Å². The third-order valence-corrected chi connectivity index (χ3v) is 5.93. The summed E-state index contributed by atoms with van der Waals surface area (Å²) >= 11 is 2.96. The van der Waals surface area contributed by atoms with Gasteiger partial charge in [0.15, 0.2) is 5.76 Å². The lowest BCUT2D eigenvalue weighted by Crippen LogP contribution is -2.37. The van der Waals surface area contributed by atoms with Gasteiger partial charge < -0.3 is 15.1 Å². The van der Waals surface area contributed by atoms with Gasteiger partial charge in [0.1, 0.15) is 11.4 Å². The van der Waals surface area contributed by atoms with Crippen LogP contribution in [0.4, 0.5) is 0 Å². The van der Waals surface area contributed by atoms with Gasteiger partial charge in [-0.25, -0.2) is 4.98 Å². The number of aromatic nitrogens is 2. The van der Waals surface area contributed by atoms with Gasteiger partial charge in [-0.3, -0.25) is 19.0 Å². The molecule has 4 aromatic rings. The number of nitrogens with zero attached hydrogens (tertiary/aromatic N) is 2. The Morgan fingerprint density at radius 2 is 2.00 bits per heavy atom. The molecule has 0 bridgehead atoms. The van der Waals surface area contributed by atoms with Crippen molar-refractivity contribution in [1.82, 2.24) is 20.2 Å². The average Bonchev–Trinajstić information content (AvgIpc) is 3.48. The van der Waals surface area contributed by atoms with Crippen molar-refractivity contribution in [1.29, 1.82) is 0 Å². The van der Waals surface area contributed by atoms with Gasteiger partial charge in [-0.2, -0.15) is 0 Å². The van der Waals surface area contributed by atoms with Crippen LogP contribution in [0.25, 0.3) is 20.7 Å². The highest BCUT2D eigenvalue weighted by atomic mass is 32.1. The van der Waals surface area contributed by atoms with E-state index < -0.39 is 0 Å². The van der Waals surface area contributed by atoms with E-state index in [-0.39, 0.29) is 42.8 Å². The number of fused-ring (bicyclic) bond motifs is 1. The van der Waals surface area contributed by atoms with Crippen molar-refractivity contribution in [2.24, 2.45) is 0 Å². The first-order valence-electron chi connectivity index (χ1n) is 8.72. The summed E-state index contributed by atoms with van der Waals surface area (Å²) in [4.78, 5) is 42.8. The quantitative estimate of drug-likeness (QED) is 0.440. The minimum Gasteiger partial charge on any atom is -0.459 e. The minimum absolute atomic E-state index is 0.145. The Morgan fingerprint density at radius 3 is 2.76 bits per heavy atom. The van der Waals surface area contributed by atoms with E-state index in [1.54, 1.807) is 23.5 Å². The van der Waals surface area contributed by atoms with Crippen LogP contribution in [0, 0.1) is 0 Å². The van der Waals surface area contributed by atoms with E-state index in [2.05, 4.69) is 15.6 Å². The van der Waals surface area contributed by atoms with E-state index in [9.17, 15) is 14.4 Å². The van der Waals surface area contributed by atoms with E-state index in [0.717, 1.165) is 10.4 Å². The summed E-state index contributed by atoms with van der Waals surface area (Å²) in [7, 11) is 0.